The van der Waals surface area contributed by atoms with E-state index in [0.717, 1.165) is 5.52 Å². The van der Waals surface area contributed by atoms with E-state index in [-0.39, 0.29) is 10.9 Å². The summed E-state index contributed by atoms with van der Waals surface area (Å²) in [6.45, 7) is 2.29. The molecule has 3 aromatic rings. The maximum Gasteiger partial charge on any atom is 0.223 e. The Morgan fingerprint density at radius 1 is 1.33 bits per heavy atom. The van der Waals surface area contributed by atoms with E-state index in [1.165, 1.54) is 6.07 Å². The minimum Gasteiger partial charge on any atom is -0.340 e. The Balaban J connectivity index is 1.97. The standard InChI is InChI=1S/C13H11Cl2FN4O/c1-7-17-12(19-21-7)2-3-20-11-4-8(15)9(16)5-10(11)18-13(20)6-14/h4-5H,2-3,6H2,1H3. The van der Waals surface area contributed by atoms with E-state index in [2.05, 4.69) is 15.1 Å². The second kappa shape index (κ2) is 5.61. The number of hydrogen-bond acceptors (Lipinski definition) is 4. The Morgan fingerprint density at radius 3 is 2.81 bits per heavy atom. The summed E-state index contributed by atoms with van der Waals surface area (Å²) in [6.07, 6.45) is 0.557. The number of halogens is 3. The number of alkyl halides is 1. The van der Waals surface area contributed by atoms with Crippen molar-refractivity contribution in [2.45, 2.75) is 25.8 Å². The van der Waals surface area contributed by atoms with Crippen molar-refractivity contribution in [2.24, 2.45) is 0 Å². The molecule has 0 saturated carbocycles. The number of aryl methyl sites for hydroxylation is 3. The molecule has 1 aromatic carbocycles. The van der Waals surface area contributed by atoms with Crippen LogP contribution in [0, 0.1) is 12.7 Å². The fraction of sp³-hybridized carbons (Fsp3) is 0.308. The molecule has 0 unspecified atom stereocenters. The molecule has 21 heavy (non-hydrogen) atoms. The van der Waals surface area contributed by atoms with Gasteiger partial charge in [-0.1, -0.05) is 16.8 Å². The second-order valence-corrected chi connectivity index (χ2v) is 5.22. The Kier molecular flexibility index (Phi) is 3.82. The topological polar surface area (TPSA) is 56.7 Å². The zero-order valence-electron chi connectivity index (χ0n) is 11.1. The third-order valence-corrected chi connectivity index (χ3v) is 3.65. The number of hydrogen-bond donors (Lipinski definition) is 0. The lowest BCUT2D eigenvalue weighted by Gasteiger charge is -2.06. The van der Waals surface area contributed by atoms with Gasteiger partial charge >= 0.3 is 0 Å². The second-order valence-electron chi connectivity index (χ2n) is 4.55. The Bertz CT molecular complexity index is 799. The van der Waals surface area contributed by atoms with Gasteiger partial charge in [0.15, 0.2) is 5.82 Å². The molecule has 3 rings (SSSR count). The van der Waals surface area contributed by atoms with Crippen molar-refractivity contribution in [1.82, 2.24) is 19.7 Å². The fourth-order valence-corrected chi connectivity index (χ4v) is 2.54. The summed E-state index contributed by atoms with van der Waals surface area (Å²) >= 11 is 11.8. The van der Waals surface area contributed by atoms with Gasteiger partial charge in [0.05, 0.1) is 21.9 Å². The summed E-state index contributed by atoms with van der Waals surface area (Å²) < 4.78 is 20.3. The lowest BCUT2D eigenvalue weighted by atomic mass is 10.3. The van der Waals surface area contributed by atoms with Crippen LogP contribution in [0.3, 0.4) is 0 Å². The predicted molar refractivity (Wildman–Crippen MR) is 77.0 cm³/mol. The molecule has 0 bridgehead atoms. The molecular weight excluding hydrogens is 318 g/mol. The fourth-order valence-electron chi connectivity index (χ4n) is 2.18. The molecule has 110 valence electrons. The van der Waals surface area contributed by atoms with E-state index in [1.54, 1.807) is 13.0 Å². The highest BCUT2D eigenvalue weighted by atomic mass is 35.5. The molecule has 0 aliphatic heterocycles. The molecule has 0 saturated heterocycles. The van der Waals surface area contributed by atoms with E-state index in [9.17, 15) is 4.39 Å². The van der Waals surface area contributed by atoms with E-state index in [4.69, 9.17) is 27.7 Å². The third-order valence-electron chi connectivity index (χ3n) is 3.12. The highest BCUT2D eigenvalue weighted by Gasteiger charge is 2.14. The first-order valence-electron chi connectivity index (χ1n) is 6.28. The van der Waals surface area contributed by atoms with Crippen LogP contribution in [-0.4, -0.2) is 19.7 Å². The van der Waals surface area contributed by atoms with E-state index in [1.807, 2.05) is 4.57 Å². The van der Waals surface area contributed by atoms with Crippen LogP contribution in [0.5, 0.6) is 0 Å². The van der Waals surface area contributed by atoms with Crippen LogP contribution in [0.25, 0.3) is 11.0 Å². The van der Waals surface area contributed by atoms with Gasteiger partial charge in [0.2, 0.25) is 5.89 Å². The average Bonchev–Trinajstić information content (AvgIpc) is 3.01. The summed E-state index contributed by atoms with van der Waals surface area (Å²) in [7, 11) is 0. The molecule has 0 fully saturated rings. The van der Waals surface area contributed by atoms with Crippen LogP contribution in [-0.2, 0) is 18.8 Å². The number of fused-ring (bicyclic) bond motifs is 1. The first-order valence-corrected chi connectivity index (χ1v) is 7.19. The zero-order chi connectivity index (χ0) is 15.0. The molecule has 0 spiro atoms. The largest absolute Gasteiger partial charge is 0.340 e. The molecule has 0 atom stereocenters. The molecule has 0 amide bonds. The van der Waals surface area contributed by atoms with E-state index >= 15 is 0 Å². The van der Waals surface area contributed by atoms with Gasteiger partial charge in [-0.25, -0.2) is 9.37 Å². The van der Waals surface area contributed by atoms with Crippen LogP contribution >= 0.6 is 23.2 Å². The van der Waals surface area contributed by atoms with Gasteiger partial charge in [-0.05, 0) is 6.07 Å². The molecular formula is C13H11Cl2FN4O. The zero-order valence-corrected chi connectivity index (χ0v) is 12.6. The van der Waals surface area contributed by atoms with Gasteiger partial charge in [-0.3, -0.25) is 0 Å². The van der Waals surface area contributed by atoms with E-state index in [0.29, 0.717) is 36.0 Å². The summed E-state index contributed by atoms with van der Waals surface area (Å²) in [5, 5.41) is 3.90. The number of aromatic nitrogens is 4. The van der Waals surface area contributed by atoms with Gasteiger partial charge in [0, 0.05) is 26.0 Å². The third kappa shape index (κ3) is 2.73. The van der Waals surface area contributed by atoms with Gasteiger partial charge in [0.25, 0.3) is 0 Å². The summed E-state index contributed by atoms with van der Waals surface area (Å²) in [5.41, 5.74) is 1.26. The van der Waals surface area contributed by atoms with Crippen LogP contribution in [0.1, 0.15) is 17.5 Å². The highest BCUT2D eigenvalue weighted by Crippen LogP contribution is 2.24. The molecule has 0 aliphatic rings. The molecule has 8 heteroatoms. The van der Waals surface area contributed by atoms with Crippen molar-refractivity contribution in [3.63, 3.8) is 0 Å². The quantitative estimate of drug-likeness (QED) is 0.688. The highest BCUT2D eigenvalue weighted by molar-refractivity contribution is 6.31. The number of benzene rings is 1. The van der Waals surface area contributed by atoms with Crippen LogP contribution in [0.2, 0.25) is 5.02 Å². The molecule has 2 aromatic heterocycles. The molecule has 5 nitrogen and oxygen atoms in total. The maximum atomic E-state index is 13.5. The van der Waals surface area contributed by atoms with Crippen molar-refractivity contribution >= 4 is 34.2 Å². The lowest BCUT2D eigenvalue weighted by molar-refractivity contribution is 0.386. The Labute approximate surface area is 129 Å². The van der Waals surface area contributed by atoms with Crippen LogP contribution < -0.4 is 0 Å². The first-order chi connectivity index (χ1) is 10.1. The lowest BCUT2D eigenvalue weighted by Crippen LogP contribution is -2.06. The monoisotopic (exact) mass is 328 g/mol. The molecule has 0 aliphatic carbocycles. The average molecular weight is 329 g/mol. The normalized spacial score (nSPS) is 11.4. The van der Waals surface area contributed by atoms with Gasteiger partial charge in [0.1, 0.15) is 11.6 Å². The molecule has 0 radical (unpaired) electrons. The Hall–Kier alpha value is -1.66. The minimum atomic E-state index is -0.497. The first kappa shape index (κ1) is 14.3. The molecule has 2 heterocycles. The number of rotatable bonds is 4. The minimum absolute atomic E-state index is 0.0557. The maximum absolute atomic E-state index is 13.5. The van der Waals surface area contributed by atoms with Crippen LogP contribution in [0.15, 0.2) is 16.7 Å². The van der Waals surface area contributed by atoms with Crippen molar-refractivity contribution < 1.29 is 8.91 Å². The van der Waals surface area contributed by atoms with Gasteiger partial charge in [-0.15, -0.1) is 11.6 Å². The summed E-state index contributed by atoms with van der Waals surface area (Å²) in [6, 6.07) is 2.86. The number of nitrogens with zero attached hydrogens (tertiary/aromatic N) is 4. The van der Waals surface area contributed by atoms with Gasteiger partial charge < -0.3 is 9.09 Å². The van der Waals surface area contributed by atoms with Crippen molar-refractivity contribution in [3.05, 3.63) is 40.5 Å². The van der Waals surface area contributed by atoms with Crippen LogP contribution in [0.4, 0.5) is 4.39 Å². The van der Waals surface area contributed by atoms with Crippen molar-refractivity contribution in [1.29, 1.82) is 0 Å². The van der Waals surface area contributed by atoms with Crippen molar-refractivity contribution in [2.75, 3.05) is 0 Å². The smallest absolute Gasteiger partial charge is 0.223 e. The number of imidazole rings is 1. The SMILES string of the molecule is Cc1nc(CCn2c(CCl)nc3cc(F)c(Cl)cc32)no1. The van der Waals surface area contributed by atoms with Gasteiger partial charge in [-0.2, -0.15) is 4.98 Å². The van der Waals surface area contributed by atoms with Crippen molar-refractivity contribution in [3.8, 4) is 0 Å². The predicted octanol–water partition coefficient (Wildman–Crippen LogP) is 3.50. The summed E-state index contributed by atoms with van der Waals surface area (Å²) in [5.74, 6) is 1.49. The Morgan fingerprint density at radius 2 is 2.14 bits per heavy atom. The molecule has 0 N–H and O–H groups in total. The van der Waals surface area contributed by atoms with E-state index < -0.39 is 5.82 Å². The summed E-state index contributed by atoms with van der Waals surface area (Å²) in [4.78, 5) is 8.47.